The summed E-state index contributed by atoms with van der Waals surface area (Å²) in [5.74, 6) is -1.40. The van der Waals surface area contributed by atoms with E-state index in [2.05, 4.69) is 10.1 Å². The molecule has 10 heteroatoms. The third-order valence-electron chi connectivity index (χ3n) is 4.71. The minimum absolute atomic E-state index is 0.0630. The second-order valence-electron chi connectivity index (χ2n) is 7.52. The van der Waals surface area contributed by atoms with Crippen molar-refractivity contribution in [2.24, 2.45) is 0 Å². The van der Waals surface area contributed by atoms with Crippen molar-refractivity contribution in [1.29, 1.82) is 0 Å². The van der Waals surface area contributed by atoms with E-state index in [1.54, 1.807) is 13.0 Å². The molecule has 0 saturated heterocycles. The van der Waals surface area contributed by atoms with Crippen molar-refractivity contribution in [2.45, 2.75) is 58.5 Å². The van der Waals surface area contributed by atoms with Gasteiger partial charge in [-0.3, -0.25) is 10.1 Å². The van der Waals surface area contributed by atoms with Gasteiger partial charge in [-0.25, -0.2) is 9.59 Å². The maximum absolute atomic E-state index is 12.6. The van der Waals surface area contributed by atoms with Crippen molar-refractivity contribution in [1.82, 2.24) is 5.32 Å². The Bertz CT molecular complexity index is 989. The number of ketones is 1. The van der Waals surface area contributed by atoms with Gasteiger partial charge in [0.05, 0.1) is 7.11 Å². The lowest BCUT2D eigenvalue weighted by Crippen LogP contribution is -2.17. The standard InChI is InChI=1S/C23H28F3NO6/c1-14(10-11-23(24,25)26)8-9-16(3)20(29)19-17(28)13-18(33-21(19)30)15(2)7-5-6-12-27-22(31)32-4/h6,8-9,12-13,15,28H,5,7,10-11H2,1-4H3,(H,27,31)/b12-6+,14-8+,16-9+/t15-/m0/s1. The highest BCUT2D eigenvalue weighted by atomic mass is 19.4. The molecule has 0 unspecified atom stereocenters. The molecule has 1 amide bonds. The molecule has 0 radical (unpaired) electrons. The maximum atomic E-state index is 12.6. The van der Waals surface area contributed by atoms with Crippen LogP contribution in [0.5, 0.6) is 5.75 Å². The Labute approximate surface area is 189 Å². The minimum Gasteiger partial charge on any atom is -0.507 e. The number of allylic oxidation sites excluding steroid dienone is 5. The highest BCUT2D eigenvalue weighted by Crippen LogP contribution is 2.26. The largest absolute Gasteiger partial charge is 0.507 e. The number of aromatic hydroxyl groups is 1. The second kappa shape index (κ2) is 12.7. The van der Waals surface area contributed by atoms with E-state index < -0.39 is 41.4 Å². The van der Waals surface area contributed by atoms with Gasteiger partial charge in [0.15, 0.2) is 5.78 Å². The fourth-order valence-electron chi connectivity index (χ4n) is 2.67. The van der Waals surface area contributed by atoms with E-state index in [0.29, 0.717) is 18.4 Å². The van der Waals surface area contributed by atoms with Crippen molar-refractivity contribution < 1.29 is 37.0 Å². The molecule has 0 aliphatic heterocycles. The Hall–Kier alpha value is -3.30. The smallest absolute Gasteiger partial charge is 0.410 e. The predicted molar refractivity (Wildman–Crippen MR) is 116 cm³/mol. The molecule has 2 N–H and O–H groups in total. The van der Waals surface area contributed by atoms with Crippen LogP contribution in [0.4, 0.5) is 18.0 Å². The summed E-state index contributed by atoms with van der Waals surface area (Å²) in [6.45, 7) is 4.66. The predicted octanol–water partition coefficient (Wildman–Crippen LogP) is 5.52. The van der Waals surface area contributed by atoms with Gasteiger partial charge in [-0.2, -0.15) is 13.2 Å². The molecule has 7 nitrogen and oxygen atoms in total. The fraction of sp³-hybridized carbons (Fsp3) is 0.435. The van der Waals surface area contributed by atoms with E-state index >= 15 is 0 Å². The maximum Gasteiger partial charge on any atom is 0.410 e. The number of carbonyl (C=O) groups is 2. The first-order valence-corrected chi connectivity index (χ1v) is 10.2. The summed E-state index contributed by atoms with van der Waals surface area (Å²) in [5, 5.41) is 12.6. The van der Waals surface area contributed by atoms with Crippen LogP contribution in [0.3, 0.4) is 0 Å². The fourth-order valence-corrected chi connectivity index (χ4v) is 2.67. The van der Waals surface area contributed by atoms with Crippen molar-refractivity contribution in [2.75, 3.05) is 7.11 Å². The molecule has 0 saturated carbocycles. The summed E-state index contributed by atoms with van der Waals surface area (Å²) in [4.78, 5) is 35.9. The number of carbonyl (C=O) groups excluding carboxylic acids is 2. The monoisotopic (exact) mass is 471 g/mol. The molecule has 1 aromatic rings. The molecule has 1 rings (SSSR count). The molecular formula is C23H28F3NO6. The van der Waals surface area contributed by atoms with Gasteiger partial charge in [0, 0.05) is 24.6 Å². The SMILES string of the molecule is COC(=O)N/C=C/CC[C@H](C)c1cc(O)c(C(=O)/C(C)=C/C=C(\C)CCC(F)(F)F)c(=O)o1. The number of nitrogens with one attached hydrogen (secondary N) is 1. The molecule has 0 bridgehead atoms. The summed E-state index contributed by atoms with van der Waals surface area (Å²) in [6.07, 6.45) is 0.760. The van der Waals surface area contributed by atoms with Crippen LogP contribution in [-0.4, -0.2) is 30.3 Å². The molecule has 182 valence electrons. The van der Waals surface area contributed by atoms with E-state index in [-0.39, 0.29) is 23.7 Å². The van der Waals surface area contributed by atoms with Gasteiger partial charge < -0.3 is 14.3 Å². The Morgan fingerprint density at radius 1 is 1.27 bits per heavy atom. The van der Waals surface area contributed by atoms with Crippen molar-refractivity contribution >= 4 is 11.9 Å². The van der Waals surface area contributed by atoms with Crippen LogP contribution >= 0.6 is 0 Å². The van der Waals surface area contributed by atoms with Crippen molar-refractivity contribution in [3.8, 4) is 5.75 Å². The minimum atomic E-state index is -4.27. The first kappa shape index (κ1) is 27.7. The lowest BCUT2D eigenvalue weighted by atomic mass is 9.99. The molecule has 0 spiro atoms. The van der Waals surface area contributed by atoms with Crippen LogP contribution in [0.15, 0.2) is 50.9 Å². The number of ether oxygens (including phenoxy) is 1. The molecule has 0 fully saturated rings. The molecule has 1 heterocycles. The first-order valence-electron chi connectivity index (χ1n) is 10.2. The van der Waals surface area contributed by atoms with Gasteiger partial charge in [0.1, 0.15) is 17.1 Å². The Kier molecular flexibility index (Phi) is 10.6. The normalized spacial score (nSPS) is 13.8. The third kappa shape index (κ3) is 9.80. The van der Waals surface area contributed by atoms with Crippen LogP contribution in [0.2, 0.25) is 0 Å². The van der Waals surface area contributed by atoms with Gasteiger partial charge in [-0.05, 0) is 38.7 Å². The molecule has 0 aromatic carbocycles. The number of halogens is 3. The Morgan fingerprint density at radius 2 is 1.94 bits per heavy atom. The van der Waals surface area contributed by atoms with Gasteiger partial charge in [0.2, 0.25) is 0 Å². The number of hydrogen-bond donors (Lipinski definition) is 2. The summed E-state index contributed by atoms with van der Waals surface area (Å²) in [7, 11) is 1.24. The first-order chi connectivity index (χ1) is 15.4. The summed E-state index contributed by atoms with van der Waals surface area (Å²) in [6, 6.07) is 1.20. The summed E-state index contributed by atoms with van der Waals surface area (Å²) < 4.78 is 46.5. The lowest BCUT2D eigenvalue weighted by molar-refractivity contribution is -0.133. The topological polar surface area (TPSA) is 106 Å². The quantitative estimate of drug-likeness (QED) is 0.265. The number of methoxy groups -OCH3 is 1. The summed E-state index contributed by atoms with van der Waals surface area (Å²) in [5.41, 5.74) is -1.07. The molecule has 0 aliphatic rings. The average molecular weight is 471 g/mol. The molecule has 1 atom stereocenters. The highest BCUT2D eigenvalue weighted by molar-refractivity contribution is 6.09. The van der Waals surface area contributed by atoms with Crippen LogP contribution in [0.1, 0.15) is 68.5 Å². The Balaban J connectivity index is 2.88. The van der Waals surface area contributed by atoms with E-state index in [4.69, 9.17) is 4.42 Å². The number of hydrogen-bond acceptors (Lipinski definition) is 6. The zero-order valence-corrected chi connectivity index (χ0v) is 18.9. The lowest BCUT2D eigenvalue weighted by Gasteiger charge is -2.11. The van der Waals surface area contributed by atoms with Gasteiger partial charge >= 0.3 is 17.9 Å². The van der Waals surface area contributed by atoms with Crippen LogP contribution in [-0.2, 0) is 4.74 Å². The van der Waals surface area contributed by atoms with Crippen LogP contribution in [0.25, 0.3) is 0 Å². The van der Waals surface area contributed by atoms with Crippen LogP contribution < -0.4 is 10.9 Å². The summed E-state index contributed by atoms with van der Waals surface area (Å²) >= 11 is 0. The third-order valence-corrected chi connectivity index (χ3v) is 4.71. The van der Waals surface area contributed by atoms with Crippen LogP contribution in [0, 0.1) is 0 Å². The van der Waals surface area contributed by atoms with E-state index in [9.17, 15) is 32.7 Å². The van der Waals surface area contributed by atoms with Gasteiger partial charge in [0.25, 0.3) is 0 Å². The Morgan fingerprint density at radius 3 is 2.52 bits per heavy atom. The number of amides is 1. The van der Waals surface area contributed by atoms with E-state index in [1.807, 2.05) is 0 Å². The number of alkyl halides is 3. The van der Waals surface area contributed by atoms with Gasteiger partial charge in [-0.1, -0.05) is 30.7 Å². The molecule has 33 heavy (non-hydrogen) atoms. The number of Topliss-reactive ketones (excluding diaryl/α,β-unsaturated/α-hetero) is 1. The average Bonchev–Trinajstić information content (AvgIpc) is 2.74. The number of alkyl carbamates (subject to hydrolysis) is 1. The zero-order valence-electron chi connectivity index (χ0n) is 18.9. The second-order valence-corrected chi connectivity index (χ2v) is 7.52. The van der Waals surface area contributed by atoms with E-state index in [0.717, 1.165) is 0 Å². The molecular weight excluding hydrogens is 443 g/mol. The van der Waals surface area contributed by atoms with E-state index in [1.165, 1.54) is 45.4 Å². The van der Waals surface area contributed by atoms with Crippen molar-refractivity contribution in [3.63, 3.8) is 0 Å². The number of rotatable bonds is 10. The van der Waals surface area contributed by atoms with Crippen molar-refractivity contribution in [3.05, 3.63) is 63.4 Å². The molecule has 0 aliphatic carbocycles. The van der Waals surface area contributed by atoms with Gasteiger partial charge in [-0.15, -0.1) is 0 Å². The highest BCUT2D eigenvalue weighted by Gasteiger charge is 2.26. The molecule has 1 aromatic heterocycles. The zero-order chi connectivity index (χ0) is 25.2.